The Morgan fingerprint density at radius 2 is 2.00 bits per heavy atom. The molecule has 27 heavy (non-hydrogen) atoms. The van der Waals surface area contributed by atoms with Gasteiger partial charge in [-0.3, -0.25) is 9.59 Å². The summed E-state index contributed by atoms with van der Waals surface area (Å²) in [4.78, 5) is 24.6. The SMILES string of the molecule is CNC(=O)c1ccc(OC)c(NC(=O)C[C@H](c2ccsc2)n2cccc2)c1. The normalized spacial score (nSPS) is 11.6. The highest BCUT2D eigenvalue weighted by Gasteiger charge is 2.19. The summed E-state index contributed by atoms with van der Waals surface area (Å²) in [5, 5.41) is 9.50. The Morgan fingerprint density at radius 3 is 2.63 bits per heavy atom. The molecule has 2 aromatic heterocycles. The van der Waals surface area contributed by atoms with Gasteiger partial charge in [0, 0.05) is 25.0 Å². The van der Waals surface area contributed by atoms with Crippen molar-refractivity contribution >= 4 is 28.8 Å². The quantitative estimate of drug-likeness (QED) is 0.655. The summed E-state index contributed by atoms with van der Waals surface area (Å²) in [5.41, 5.74) is 2.01. The number of nitrogens with one attached hydrogen (secondary N) is 2. The number of methoxy groups -OCH3 is 1. The molecule has 0 saturated carbocycles. The fourth-order valence-electron chi connectivity index (χ4n) is 2.88. The Kier molecular flexibility index (Phi) is 5.93. The Hall–Kier alpha value is -3.06. The van der Waals surface area contributed by atoms with Crippen molar-refractivity contribution in [2.24, 2.45) is 0 Å². The number of amides is 2. The van der Waals surface area contributed by atoms with Gasteiger partial charge in [-0.15, -0.1) is 0 Å². The molecule has 3 aromatic rings. The van der Waals surface area contributed by atoms with Gasteiger partial charge in [0.1, 0.15) is 5.75 Å². The van der Waals surface area contributed by atoms with E-state index >= 15 is 0 Å². The van der Waals surface area contributed by atoms with Crippen molar-refractivity contribution in [3.8, 4) is 5.75 Å². The summed E-state index contributed by atoms with van der Waals surface area (Å²) in [6.07, 6.45) is 4.16. The molecular formula is C20H21N3O3S. The van der Waals surface area contributed by atoms with Crippen LogP contribution in [-0.2, 0) is 4.79 Å². The van der Waals surface area contributed by atoms with E-state index in [9.17, 15) is 9.59 Å². The molecule has 0 spiro atoms. The van der Waals surface area contributed by atoms with E-state index in [1.165, 1.54) is 7.11 Å². The minimum absolute atomic E-state index is 0.0978. The van der Waals surface area contributed by atoms with E-state index < -0.39 is 0 Å². The molecule has 2 N–H and O–H groups in total. The number of hydrogen-bond acceptors (Lipinski definition) is 4. The smallest absolute Gasteiger partial charge is 0.251 e. The fraction of sp³-hybridized carbons (Fsp3) is 0.200. The standard InChI is InChI=1S/C20H21N3O3S/c1-21-20(25)14-5-6-18(26-2)16(11-14)22-19(24)12-17(15-7-10-27-13-15)23-8-3-4-9-23/h3-11,13,17H,12H2,1-2H3,(H,21,25)(H,22,24)/t17-/m1/s1. The Morgan fingerprint density at radius 1 is 1.22 bits per heavy atom. The molecule has 0 unspecified atom stereocenters. The number of nitrogens with zero attached hydrogens (tertiary/aromatic N) is 1. The minimum Gasteiger partial charge on any atom is -0.495 e. The predicted octanol–water partition coefficient (Wildman–Crippen LogP) is 3.54. The second-order valence-corrected chi connectivity index (χ2v) is 6.73. The van der Waals surface area contributed by atoms with Crippen LogP contribution in [-0.4, -0.2) is 30.5 Å². The maximum absolute atomic E-state index is 12.8. The summed E-state index contributed by atoms with van der Waals surface area (Å²) in [6.45, 7) is 0. The molecule has 2 amide bonds. The topological polar surface area (TPSA) is 72.4 Å². The number of benzene rings is 1. The molecule has 2 heterocycles. The number of ether oxygens (including phenoxy) is 1. The summed E-state index contributed by atoms with van der Waals surface area (Å²) in [6, 6.07) is 10.7. The summed E-state index contributed by atoms with van der Waals surface area (Å²) in [5.74, 6) is 0.118. The second kappa shape index (κ2) is 8.55. The van der Waals surface area contributed by atoms with Crippen LogP contribution in [0.4, 0.5) is 5.69 Å². The van der Waals surface area contributed by atoms with Gasteiger partial charge in [0.15, 0.2) is 0 Å². The van der Waals surface area contributed by atoms with Crippen LogP contribution in [0.5, 0.6) is 5.75 Å². The van der Waals surface area contributed by atoms with E-state index in [-0.39, 0.29) is 24.3 Å². The minimum atomic E-state index is -0.225. The fourth-order valence-corrected chi connectivity index (χ4v) is 3.59. The van der Waals surface area contributed by atoms with Crippen LogP contribution in [0, 0.1) is 0 Å². The zero-order valence-corrected chi connectivity index (χ0v) is 16.0. The van der Waals surface area contributed by atoms with E-state index in [4.69, 9.17) is 4.74 Å². The Labute approximate surface area is 161 Å². The highest BCUT2D eigenvalue weighted by molar-refractivity contribution is 7.08. The van der Waals surface area contributed by atoms with Crippen molar-refractivity contribution in [2.45, 2.75) is 12.5 Å². The molecule has 0 aliphatic rings. The molecule has 140 valence electrons. The first kappa shape index (κ1) is 18.7. The highest BCUT2D eigenvalue weighted by atomic mass is 32.1. The largest absolute Gasteiger partial charge is 0.495 e. The van der Waals surface area contributed by atoms with Crippen molar-refractivity contribution in [3.05, 3.63) is 70.7 Å². The molecule has 0 radical (unpaired) electrons. The van der Waals surface area contributed by atoms with Gasteiger partial charge in [0.05, 0.1) is 25.3 Å². The molecule has 6 nitrogen and oxygen atoms in total. The average molecular weight is 383 g/mol. The molecule has 0 saturated heterocycles. The third-order valence-electron chi connectivity index (χ3n) is 4.26. The predicted molar refractivity (Wildman–Crippen MR) is 107 cm³/mol. The Balaban J connectivity index is 1.81. The highest BCUT2D eigenvalue weighted by Crippen LogP contribution is 2.28. The van der Waals surface area contributed by atoms with E-state index in [0.29, 0.717) is 17.0 Å². The third-order valence-corrected chi connectivity index (χ3v) is 4.96. The molecule has 7 heteroatoms. The molecule has 0 aliphatic heterocycles. The van der Waals surface area contributed by atoms with Crippen molar-refractivity contribution in [1.29, 1.82) is 0 Å². The molecular weight excluding hydrogens is 362 g/mol. The summed E-state index contributed by atoms with van der Waals surface area (Å²) in [7, 11) is 3.09. The second-order valence-electron chi connectivity index (χ2n) is 5.95. The average Bonchev–Trinajstić information content (AvgIpc) is 3.39. The lowest BCUT2D eigenvalue weighted by Gasteiger charge is -2.19. The van der Waals surface area contributed by atoms with Gasteiger partial charge in [-0.05, 0) is 52.7 Å². The molecule has 1 atom stereocenters. The van der Waals surface area contributed by atoms with Crippen LogP contribution in [0.25, 0.3) is 0 Å². The van der Waals surface area contributed by atoms with Crippen LogP contribution >= 0.6 is 11.3 Å². The number of aromatic nitrogens is 1. The Bertz CT molecular complexity index is 870. The number of hydrogen-bond donors (Lipinski definition) is 2. The molecule has 0 aliphatic carbocycles. The third kappa shape index (κ3) is 4.38. The first-order chi connectivity index (χ1) is 13.1. The van der Waals surface area contributed by atoms with Crippen molar-refractivity contribution in [3.63, 3.8) is 0 Å². The van der Waals surface area contributed by atoms with Crippen molar-refractivity contribution < 1.29 is 14.3 Å². The van der Waals surface area contributed by atoms with Gasteiger partial charge in [-0.2, -0.15) is 11.3 Å². The van der Waals surface area contributed by atoms with E-state index in [0.717, 1.165) is 5.56 Å². The van der Waals surface area contributed by atoms with Crippen LogP contribution < -0.4 is 15.4 Å². The van der Waals surface area contributed by atoms with Crippen LogP contribution in [0.1, 0.15) is 28.4 Å². The monoisotopic (exact) mass is 383 g/mol. The molecule has 3 rings (SSSR count). The van der Waals surface area contributed by atoms with Crippen LogP contribution in [0.2, 0.25) is 0 Å². The molecule has 0 fully saturated rings. The van der Waals surface area contributed by atoms with E-state index in [1.807, 2.05) is 45.9 Å². The van der Waals surface area contributed by atoms with E-state index in [1.54, 1.807) is 36.6 Å². The zero-order valence-electron chi connectivity index (χ0n) is 15.1. The van der Waals surface area contributed by atoms with E-state index in [2.05, 4.69) is 10.6 Å². The number of carbonyl (C=O) groups excluding carboxylic acids is 2. The first-order valence-electron chi connectivity index (χ1n) is 8.47. The lowest BCUT2D eigenvalue weighted by molar-refractivity contribution is -0.116. The van der Waals surface area contributed by atoms with Crippen LogP contribution in [0.15, 0.2) is 59.6 Å². The maximum Gasteiger partial charge on any atom is 0.251 e. The summed E-state index contributed by atoms with van der Waals surface area (Å²) < 4.78 is 7.33. The number of anilines is 1. The van der Waals surface area contributed by atoms with Gasteiger partial charge < -0.3 is 19.9 Å². The lowest BCUT2D eigenvalue weighted by Crippen LogP contribution is -2.21. The van der Waals surface area contributed by atoms with Gasteiger partial charge in [-0.25, -0.2) is 0 Å². The molecule has 1 aromatic carbocycles. The van der Waals surface area contributed by atoms with Crippen molar-refractivity contribution in [1.82, 2.24) is 9.88 Å². The van der Waals surface area contributed by atoms with Crippen LogP contribution in [0.3, 0.4) is 0 Å². The van der Waals surface area contributed by atoms with Gasteiger partial charge in [0.2, 0.25) is 5.91 Å². The number of thiophene rings is 1. The van der Waals surface area contributed by atoms with Crippen molar-refractivity contribution in [2.75, 3.05) is 19.5 Å². The number of rotatable bonds is 7. The molecule has 0 bridgehead atoms. The van der Waals surface area contributed by atoms with Gasteiger partial charge >= 0.3 is 0 Å². The zero-order chi connectivity index (χ0) is 19.2. The summed E-state index contributed by atoms with van der Waals surface area (Å²) >= 11 is 1.60. The lowest BCUT2D eigenvalue weighted by atomic mass is 10.1. The number of carbonyl (C=O) groups is 2. The van der Waals surface area contributed by atoms with Gasteiger partial charge in [-0.1, -0.05) is 0 Å². The van der Waals surface area contributed by atoms with Gasteiger partial charge in [0.25, 0.3) is 5.91 Å². The maximum atomic E-state index is 12.8. The first-order valence-corrected chi connectivity index (χ1v) is 9.41.